The highest BCUT2D eigenvalue weighted by molar-refractivity contribution is 6.41. The number of aromatic nitrogens is 5. The molecule has 6 heterocycles. The molecule has 2 amide bonds. The summed E-state index contributed by atoms with van der Waals surface area (Å²) in [5.74, 6) is 2.21. The van der Waals surface area contributed by atoms with Crippen molar-refractivity contribution >= 4 is 91.7 Å². The first-order chi connectivity index (χ1) is 35.8. The molecule has 4 aromatic heterocycles. The van der Waals surface area contributed by atoms with Crippen molar-refractivity contribution in [2.45, 2.75) is 37.5 Å². The van der Waals surface area contributed by atoms with E-state index in [4.69, 9.17) is 104 Å². The van der Waals surface area contributed by atoms with Crippen LogP contribution in [0.5, 0.6) is 34.8 Å². The first-order valence-corrected chi connectivity index (χ1v) is 24.9. The quantitative estimate of drug-likeness (QED) is 0.0497. The number of carbonyl (C=O) groups excluding carboxylic acids is 2. The average Bonchev–Trinajstić information content (AvgIpc) is 3.79. The van der Waals surface area contributed by atoms with Gasteiger partial charge >= 0.3 is 0 Å². The molecule has 4 N–H and O–H groups in total. The Balaban J connectivity index is 0.950. The molecule has 0 radical (unpaired) electrons. The van der Waals surface area contributed by atoms with E-state index >= 15 is 0 Å². The van der Waals surface area contributed by atoms with Crippen molar-refractivity contribution in [1.82, 2.24) is 35.6 Å². The van der Waals surface area contributed by atoms with E-state index in [0.29, 0.717) is 111 Å². The molecule has 9 rings (SSSR count). The lowest BCUT2D eigenvalue weighted by Crippen LogP contribution is -2.45. The third-order valence-electron chi connectivity index (χ3n) is 12.7. The number of ether oxygens (including phenoxy) is 8. The van der Waals surface area contributed by atoms with Crippen molar-refractivity contribution in [2.75, 3.05) is 78.2 Å². The van der Waals surface area contributed by atoms with Gasteiger partial charge in [0.05, 0.1) is 123 Å². The van der Waals surface area contributed by atoms with Crippen molar-refractivity contribution < 1.29 is 47.5 Å². The van der Waals surface area contributed by atoms with Crippen molar-refractivity contribution in [3.8, 4) is 57.3 Å². The van der Waals surface area contributed by atoms with Gasteiger partial charge in [-0.25, -0.2) is 24.9 Å². The largest absolute Gasteiger partial charge is 0.495 e. The second-order valence-corrected chi connectivity index (χ2v) is 18.9. The number of nitrogens with zero attached hydrogens (tertiary/aromatic N) is 5. The third kappa shape index (κ3) is 11.1. The van der Waals surface area contributed by atoms with Crippen molar-refractivity contribution in [3.63, 3.8) is 0 Å². The molecule has 388 valence electrons. The molecule has 74 heavy (non-hydrogen) atoms. The van der Waals surface area contributed by atoms with Crippen LogP contribution >= 0.6 is 46.4 Å². The minimum absolute atomic E-state index is 0.0737. The predicted octanol–water partition coefficient (Wildman–Crippen LogP) is 8.40. The summed E-state index contributed by atoms with van der Waals surface area (Å²) in [5, 5.41) is 15.3. The summed E-state index contributed by atoms with van der Waals surface area (Å²) in [6, 6.07) is 7.47. The lowest BCUT2D eigenvalue weighted by atomic mass is 10.1. The average molecular weight is 1090 g/mol. The molecule has 19 nitrogen and oxygen atoms in total. The SMILES string of the molecule is C=CC(=O)N[C@H]1COC[C@H]1Nc1cc2c(OCC3CC3COc3cc(OC)c(Cl)c(-c4cc5cnc(N[C@@H]6COC[C@@H]6NC(=O)C=C)nc5c(OCC)n4)c3Cl)nc(-c3c(Cl)c(OC)cc(OC)c3Cl)cc2cn1. The summed E-state index contributed by atoms with van der Waals surface area (Å²) in [5.41, 5.74) is 1.96. The number of benzene rings is 2. The Hall–Kier alpha value is -6.61. The number of nitrogens with one attached hydrogen (secondary N) is 4. The van der Waals surface area contributed by atoms with E-state index in [-0.39, 0.29) is 93.6 Å². The molecule has 0 bridgehead atoms. The molecule has 6 atom stereocenters. The number of halogens is 4. The lowest BCUT2D eigenvalue weighted by Gasteiger charge is -2.21. The Morgan fingerprint density at radius 2 is 1.15 bits per heavy atom. The topological polar surface area (TPSA) is 221 Å². The summed E-state index contributed by atoms with van der Waals surface area (Å²) in [7, 11) is 4.50. The number of hydrogen-bond donors (Lipinski definition) is 4. The maximum Gasteiger partial charge on any atom is 0.243 e. The van der Waals surface area contributed by atoms with Crippen molar-refractivity contribution in [1.29, 1.82) is 0 Å². The predicted molar refractivity (Wildman–Crippen MR) is 282 cm³/mol. The molecule has 6 aromatic rings. The maximum absolute atomic E-state index is 12.2. The number of pyridine rings is 3. The minimum Gasteiger partial charge on any atom is -0.495 e. The number of rotatable bonds is 21. The van der Waals surface area contributed by atoms with Gasteiger partial charge in [-0.05, 0) is 55.5 Å². The van der Waals surface area contributed by atoms with E-state index in [9.17, 15) is 9.59 Å². The first-order valence-electron chi connectivity index (χ1n) is 23.4. The highest BCUT2D eigenvalue weighted by Crippen LogP contribution is 2.49. The Morgan fingerprint density at radius 3 is 1.73 bits per heavy atom. The van der Waals surface area contributed by atoms with Crippen LogP contribution in [0.25, 0.3) is 44.2 Å². The molecule has 1 saturated carbocycles. The third-order valence-corrected chi connectivity index (χ3v) is 14.2. The van der Waals surface area contributed by atoms with Crippen LogP contribution in [-0.2, 0) is 19.1 Å². The molecule has 3 fully saturated rings. The van der Waals surface area contributed by atoms with Crippen molar-refractivity contribution in [3.05, 3.63) is 88.1 Å². The Morgan fingerprint density at radius 1 is 0.635 bits per heavy atom. The number of anilines is 2. The van der Waals surface area contributed by atoms with E-state index in [1.807, 2.05) is 19.1 Å². The van der Waals surface area contributed by atoms with Crippen LogP contribution in [0.4, 0.5) is 11.8 Å². The van der Waals surface area contributed by atoms with Gasteiger partial charge in [-0.1, -0.05) is 59.6 Å². The van der Waals surface area contributed by atoms with E-state index < -0.39 is 0 Å². The summed E-state index contributed by atoms with van der Waals surface area (Å²) in [6.45, 7) is 11.1. The molecule has 0 spiro atoms. The van der Waals surface area contributed by atoms with Gasteiger partial charge in [-0.3, -0.25) is 9.59 Å². The smallest absolute Gasteiger partial charge is 0.243 e. The molecular formula is C51H51Cl4N9O10. The Labute approximate surface area is 445 Å². The zero-order chi connectivity index (χ0) is 52.2. The van der Waals surface area contributed by atoms with Gasteiger partial charge < -0.3 is 59.2 Å². The monoisotopic (exact) mass is 1090 g/mol. The van der Waals surface area contributed by atoms with E-state index in [2.05, 4.69) is 39.4 Å². The number of amides is 2. The highest BCUT2D eigenvalue weighted by Gasteiger charge is 2.39. The Bertz CT molecular complexity index is 3130. The van der Waals surface area contributed by atoms with Crippen LogP contribution in [0.2, 0.25) is 20.1 Å². The summed E-state index contributed by atoms with van der Waals surface area (Å²) in [4.78, 5) is 48.0. The van der Waals surface area contributed by atoms with E-state index in [0.717, 1.165) is 6.42 Å². The first kappa shape index (κ1) is 52.3. The lowest BCUT2D eigenvalue weighted by molar-refractivity contribution is -0.118. The summed E-state index contributed by atoms with van der Waals surface area (Å²) >= 11 is 27.9. The van der Waals surface area contributed by atoms with Gasteiger partial charge in [0.2, 0.25) is 29.5 Å². The molecule has 23 heteroatoms. The van der Waals surface area contributed by atoms with Crippen LogP contribution in [0.3, 0.4) is 0 Å². The number of methoxy groups -OCH3 is 3. The normalized spacial score (nSPS) is 19.9. The molecule has 2 saturated heterocycles. The van der Waals surface area contributed by atoms with E-state index in [1.54, 1.807) is 30.6 Å². The molecule has 2 unspecified atom stereocenters. The molecule has 2 aliphatic heterocycles. The Kier molecular flexibility index (Phi) is 16.2. The van der Waals surface area contributed by atoms with Crippen molar-refractivity contribution in [2.24, 2.45) is 11.8 Å². The fraction of sp³-hybridized carbons (Fsp3) is 0.353. The fourth-order valence-electron chi connectivity index (χ4n) is 8.67. The van der Waals surface area contributed by atoms with Crippen LogP contribution in [0, 0.1) is 11.8 Å². The van der Waals surface area contributed by atoms with Crippen LogP contribution < -0.4 is 49.7 Å². The number of hydrogen-bond acceptors (Lipinski definition) is 17. The van der Waals surface area contributed by atoms with Gasteiger partial charge in [-0.2, -0.15) is 0 Å². The van der Waals surface area contributed by atoms with Gasteiger partial charge in [-0.15, -0.1) is 0 Å². The second kappa shape index (κ2) is 22.9. The summed E-state index contributed by atoms with van der Waals surface area (Å²) in [6.07, 6.45) is 6.54. The van der Waals surface area contributed by atoms with E-state index in [1.165, 1.54) is 33.5 Å². The minimum atomic E-state index is -0.317. The highest BCUT2D eigenvalue weighted by atomic mass is 35.5. The number of carbonyl (C=O) groups is 2. The van der Waals surface area contributed by atoms with Gasteiger partial charge in [0, 0.05) is 51.8 Å². The maximum atomic E-state index is 12.2. The standard InChI is InChI=1S/C51H51Cl4N9O10/c1-7-40(65)59-32-21-70-20-31(32)58-39-13-28-24(16-56-39)11-29(42-44(52)35(67-4)14-36(68-5)45(42)53)61-49(28)74-19-27-10-26(27)18-73-38-15-37(69-6)46(54)43(47(38)55)30-12-25-17-57-51(64-48(25)50(62-30)72-9-3)63-34-23-71-22-33(34)60-41(66)8-2/h7-8,11-17,26-27,31-34H,1-2,9-10,18-23H2,3-6H3,(H,56,58)(H,59,65)(H,60,66)(H,57,63,64)/t26?,27?,31-,32+,33+,34-/m1/s1. The van der Waals surface area contributed by atoms with Crippen LogP contribution in [0.1, 0.15) is 13.3 Å². The zero-order valence-electron chi connectivity index (χ0n) is 40.6. The number of fused-ring (bicyclic) bond motifs is 2. The van der Waals surface area contributed by atoms with Crippen LogP contribution in [0.15, 0.2) is 68.0 Å². The van der Waals surface area contributed by atoms with Gasteiger partial charge in [0.25, 0.3) is 0 Å². The summed E-state index contributed by atoms with van der Waals surface area (Å²) < 4.78 is 47.2. The molecular weight excluding hydrogens is 1040 g/mol. The fourth-order valence-corrected chi connectivity index (χ4v) is 10.0. The zero-order valence-corrected chi connectivity index (χ0v) is 43.6. The molecule has 2 aromatic carbocycles. The van der Waals surface area contributed by atoms with Gasteiger partial charge in [0.1, 0.15) is 34.3 Å². The molecule has 1 aliphatic carbocycles. The second-order valence-electron chi connectivity index (χ2n) is 17.4. The molecule has 3 aliphatic rings. The van der Waals surface area contributed by atoms with Crippen LogP contribution in [-0.4, -0.2) is 128 Å². The van der Waals surface area contributed by atoms with Gasteiger partial charge in [0.15, 0.2) is 0 Å².